The van der Waals surface area contributed by atoms with Gasteiger partial charge in [-0.3, -0.25) is 14.6 Å². The highest BCUT2D eigenvalue weighted by molar-refractivity contribution is 6.31. The van der Waals surface area contributed by atoms with Crippen LogP contribution in [-0.4, -0.2) is 46.1 Å². The van der Waals surface area contributed by atoms with Gasteiger partial charge in [-0.1, -0.05) is 41.9 Å². The summed E-state index contributed by atoms with van der Waals surface area (Å²) in [4.78, 5) is 35.1. The Morgan fingerprint density at radius 3 is 2.61 bits per heavy atom. The lowest BCUT2D eigenvalue weighted by molar-refractivity contribution is -0.120. The Bertz CT molecular complexity index is 2190. The van der Waals surface area contributed by atoms with E-state index in [-0.39, 0.29) is 57.1 Å². The molecule has 1 saturated carbocycles. The number of hydrogen-bond donors (Lipinski definition) is 3. The van der Waals surface area contributed by atoms with Gasteiger partial charge in [0.15, 0.2) is 11.5 Å². The maximum atomic E-state index is 15.3. The number of alkyl halides is 2. The van der Waals surface area contributed by atoms with Crippen molar-refractivity contribution in [3.63, 3.8) is 0 Å². The minimum absolute atomic E-state index is 0.0199. The average molecular weight is 693 g/mol. The van der Waals surface area contributed by atoms with Crippen LogP contribution < -0.4 is 20.5 Å². The minimum atomic E-state index is -3.19. The van der Waals surface area contributed by atoms with Crippen LogP contribution in [0.15, 0.2) is 72.9 Å². The molecule has 3 atom stereocenters. The monoisotopic (exact) mass is 692 g/mol. The summed E-state index contributed by atoms with van der Waals surface area (Å²) in [5.41, 5.74) is 3.03. The number of nitrogens with one attached hydrogen (secondary N) is 1. The highest BCUT2D eigenvalue weighted by atomic mass is 35.5. The Kier molecular flexibility index (Phi) is 7.71. The Labute approximate surface area is 280 Å². The SMILES string of the molecule is Cc1cnc2c(OC(F)F)cc(C(=O)NC[C@@](O)(c3ccccc3)c3cc4c(c(-c5cc(Cl)c(F)cc5F)n3)OC3C[C@@]43C(N)=O)cc2c1. The zero-order valence-electron chi connectivity index (χ0n) is 25.4. The molecule has 1 aliphatic carbocycles. The first-order valence-electron chi connectivity index (χ1n) is 14.9. The van der Waals surface area contributed by atoms with Crippen molar-refractivity contribution in [2.75, 3.05) is 6.54 Å². The molecule has 5 aromatic rings. The molecule has 3 aromatic carbocycles. The Morgan fingerprint density at radius 2 is 1.90 bits per heavy atom. The van der Waals surface area contributed by atoms with Crippen molar-refractivity contribution in [2.45, 2.75) is 37.1 Å². The molecule has 0 spiro atoms. The summed E-state index contributed by atoms with van der Waals surface area (Å²) in [6.45, 7) is -1.99. The third-order valence-electron chi connectivity index (χ3n) is 8.86. The molecule has 2 aromatic heterocycles. The van der Waals surface area contributed by atoms with Gasteiger partial charge in [0.05, 0.1) is 17.3 Å². The van der Waals surface area contributed by atoms with Crippen molar-refractivity contribution in [1.82, 2.24) is 15.3 Å². The van der Waals surface area contributed by atoms with E-state index >= 15 is 4.39 Å². The number of benzene rings is 3. The summed E-state index contributed by atoms with van der Waals surface area (Å²) in [5.74, 6) is -3.84. The number of aliphatic hydroxyl groups is 1. The number of fused-ring (bicyclic) bond motifs is 4. The van der Waals surface area contributed by atoms with E-state index in [2.05, 4.69) is 20.0 Å². The van der Waals surface area contributed by atoms with E-state index in [1.807, 2.05) is 0 Å². The van der Waals surface area contributed by atoms with Gasteiger partial charge in [-0.25, -0.2) is 13.8 Å². The fourth-order valence-electron chi connectivity index (χ4n) is 6.28. The molecule has 0 bridgehead atoms. The molecule has 1 aliphatic heterocycles. The van der Waals surface area contributed by atoms with Crippen LogP contribution >= 0.6 is 11.6 Å². The quantitative estimate of drug-likeness (QED) is 0.133. The first-order chi connectivity index (χ1) is 23.3. The van der Waals surface area contributed by atoms with Gasteiger partial charge in [0.2, 0.25) is 5.91 Å². The highest BCUT2D eigenvalue weighted by Gasteiger charge is 2.68. The van der Waals surface area contributed by atoms with Crippen molar-refractivity contribution in [2.24, 2.45) is 5.73 Å². The van der Waals surface area contributed by atoms with Gasteiger partial charge in [0.1, 0.15) is 40.0 Å². The number of hydrogen-bond acceptors (Lipinski definition) is 7. The van der Waals surface area contributed by atoms with Crippen molar-refractivity contribution < 1.29 is 41.7 Å². The maximum Gasteiger partial charge on any atom is 0.387 e. The number of carbonyl (C=O) groups is 2. The number of nitrogens with zero attached hydrogens (tertiary/aromatic N) is 2. The summed E-state index contributed by atoms with van der Waals surface area (Å²) >= 11 is 6.02. The largest absolute Gasteiger partial charge is 0.486 e. The molecule has 14 heteroatoms. The predicted molar refractivity (Wildman–Crippen MR) is 169 cm³/mol. The molecular formula is C35H25ClF4N4O5. The van der Waals surface area contributed by atoms with Gasteiger partial charge >= 0.3 is 6.61 Å². The number of amides is 2. The topological polar surface area (TPSA) is 137 Å². The van der Waals surface area contributed by atoms with E-state index in [1.54, 1.807) is 43.3 Å². The summed E-state index contributed by atoms with van der Waals surface area (Å²) in [6, 6.07) is 15.3. The van der Waals surface area contributed by atoms with E-state index in [4.69, 9.17) is 22.1 Å². The second-order valence-electron chi connectivity index (χ2n) is 12.0. The van der Waals surface area contributed by atoms with Gasteiger partial charge in [-0.2, -0.15) is 8.78 Å². The van der Waals surface area contributed by atoms with Crippen molar-refractivity contribution in [3.8, 4) is 22.8 Å². The standard InChI is InChI=1S/C35H25ClF4N4O5/c1-16-7-17-8-18(9-25(48-33(39)40)28(17)42-14-16)31(45)43-15-35(47,19-5-3-2-4-6-19)26-11-21-30(49-27-13-34(21,27)32(41)46)29(44-26)20-10-22(36)24(38)12-23(20)37/h2-12,14,27,33,47H,13,15H2,1H3,(H2,41,46)(H,43,45)/t27?,34-,35-/m1/s1. The molecule has 0 saturated heterocycles. The lowest BCUT2D eigenvalue weighted by atomic mass is 9.85. The zero-order valence-corrected chi connectivity index (χ0v) is 26.2. The first-order valence-corrected chi connectivity index (χ1v) is 15.3. The summed E-state index contributed by atoms with van der Waals surface area (Å²) in [5, 5.41) is 15.1. The third kappa shape index (κ3) is 5.39. The number of carbonyl (C=O) groups excluding carboxylic acids is 2. The van der Waals surface area contributed by atoms with Crippen LogP contribution in [0.25, 0.3) is 22.2 Å². The fourth-order valence-corrected chi connectivity index (χ4v) is 6.45. The predicted octanol–water partition coefficient (Wildman–Crippen LogP) is 5.69. The lowest BCUT2D eigenvalue weighted by Gasteiger charge is -2.30. The van der Waals surface area contributed by atoms with Crippen LogP contribution in [-0.2, 0) is 15.8 Å². The number of primary amides is 1. The number of aryl methyl sites for hydroxylation is 1. The molecule has 7 rings (SSSR count). The Hall–Kier alpha value is -5.27. The molecule has 1 unspecified atom stereocenters. The van der Waals surface area contributed by atoms with E-state index in [0.29, 0.717) is 17.0 Å². The van der Waals surface area contributed by atoms with Gasteiger partial charge in [-0.05, 0) is 48.4 Å². The summed E-state index contributed by atoms with van der Waals surface area (Å²) in [7, 11) is 0. The molecule has 2 amide bonds. The van der Waals surface area contributed by atoms with E-state index in [9.17, 15) is 27.9 Å². The zero-order chi connectivity index (χ0) is 34.8. The molecule has 49 heavy (non-hydrogen) atoms. The molecule has 1 fully saturated rings. The van der Waals surface area contributed by atoms with Crippen LogP contribution in [0.5, 0.6) is 11.5 Å². The van der Waals surface area contributed by atoms with Gasteiger partial charge in [0.25, 0.3) is 5.91 Å². The van der Waals surface area contributed by atoms with Crippen LogP contribution in [0.1, 0.15) is 39.2 Å². The lowest BCUT2D eigenvalue weighted by Crippen LogP contribution is -2.42. The third-order valence-corrected chi connectivity index (χ3v) is 9.15. The molecule has 9 nitrogen and oxygen atoms in total. The second-order valence-corrected chi connectivity index (χ2v) is 12.4. The number of rotatable bonds is 9. The first kappa shape index (κ1) is 32.3. The fraction of sp³-hybridized carbons (Fsp3) is 0.200. The van der Waals surface area contributed by atoms with Crippen LogP contribution in [0.4, 0.5) is 17.6 Å². The molecular weight excluding hydrogens is 668 g/mol. The van der Waals surface area contributed by atoms with E-state index in [0.717, 1.165) is 12.1 Å². The van der Waals surface area contributed by atoms with Crippen molar-refractivity contribution in [3.05, 3.63) is 118 Å². The van der Waals surface area contributed by atoms with E-state index < -0.39 is 58.7 Å². The molecule has 0 radical (unpaired) electrons. The van der Waals surface area contributed by atoms with Crippen LogP contribution in [0.3, 0.4) is 0 Å². The Balaban J connectivity index is 1.35. The number of halogens is 5. The molecule has 250 valence electrons. The number of aromatic nitrogens is 2. The van der Waals surface area contributed by atoms with Crippen LogP contribution in [0, 0.1) is 18.6 Å². The van der Waals surface area contributed by atoms with Gasteiger partial charge in [0, 0.05) is 40.8 Å². The maximum absolute atomic E-state index is 15.3. The van der Waals surface area contributed by atoms with Crippen molar-refractivity contribution >= 4 is 34.3 Å². The number of ether oxygens (including phenoxy) is 2. The van der Waals surface area contributed by atoms with E-state index in [1.165, 1.54) is 18.3 Å². The summed E-state index contributed by atoms with van der Waals surface area (Å²) in [6.07, 6.45) is 1.03. The normalized spacial score (nSPS) is 18.7. The molecule has 4 N–H and O–H groups in total. The van der Waals surface area contributed by atoms with Crippen LogP contribution in [0.2, 0.25) is 5.02 Å². The highest BCUT2D eigenvalue weighted by Crippen LogP contribution is 2.61. The molecule has 2 aliphatic rings. The molecule has 3 heterocycles. The summed E-state index contributed by atoms with van der Waals surface area (Å²) < 4.78 is 66.7. The van der Waals surface area contributed by atoms with Gasteiger partial charge < -0.3 is 25.6 Å². The van der Waals surface area contributed by atoms with Gasteiger partial charge in [-0.15, -0.1) is 0 Å². The van der Waals surface area contributed by atoms with Crippen molar-refractivity contribution in [1.29, 1.82) is 0 Å². The second kappa shape index (κ2) is 11.7. The Morgan fingerprint density at radius 1 is 1.14 bits per heavy atom. The number of nitrogens with two attached hydrogens (primary N) is 1. The smallest absolute Gasteiger partial charge is 0.387 e. The minimum Gasteiger partial charge on any atom is -0.486 e. The number of pyridine rings is 2. The average Bonchev–Trinajstić information content (AvgIpc) is 3.71.